The Kier molecular flexibility index (Phi) is 7.03. The van der Waals surface area contributed by atoms with Crippen molar-refractivity contribution < 1.29 is 4.74 Å². The van der Waals surface area contributed by atoms with Crippen molar-refractivity contribution in [2.24, 2.45) is 5.41 Å². The Hall–Kier alpha value is -1.22. The molecule has 0 saturated heterocycles. The van der Waals surface area contributed by atoms with E-state index in [9.17, 15) is 0 Å². The van der Waals surface area contributed by atoms with Crippen molar-refractivity contribution in [3.05, 3.63) is 24.3 Å². The summed E-state index contributed by atoms with van der Waals surface area (Å²) in [6, 6.07) is 8.85. The zero-order valence-electron chi connectivity index (χ0n) is 14.6. The minimum Gasteiger partial charge on any atom is -0.497 e. The molecule has 0 radical (unpaired) electrons. The highest BCUT2D eigenvalue weighted by Crippen LogP contribution is 2.29. The molecule has 1 N–H and O–H groups in total. The third-order valence-corrected chi connectivity index (χ3v) is 4.47. The van der Waals surface area contributed by atoms with E-state index in [0.29, 0.717) is 11.5 Å². The fraction of sp³-hybridized carbons (Fsp3) is 0.667. The van der Waals surface area contributed by atoms with Gasteiger partial charge in [0.2, 0.25) is 0 Å². The van der Waals surface area contributed by atoms with Crippen LogP contribution < -0.4 is 15.0 Å². The molecule has 0 bridgehead atoms. The second-order valence-electron chi connectivity index (χ2n) is 6.30. The summed E-state index contributed by atoms with van der Waals surface area (Å²) in [5.41, 5.74) is 1.56. The number of hydrogen-bond acceptors (Lipinski definition) is 3. The minimum absolute atomic E-state index is 0.318. The number of methoxy groups -OCH3 is 1. The molecule has 0 aliphatic rings. The van der Waals surface area contributed by atoms with E-state index in [4.69, 9.17) is 4.74 Å². The van der Waals surface area contributed by atoms with Gasteiger partial charge in [0, 0.05) is 31.9 Å². The molecule has 1 aromatic rings. The molecule has 3 nitrogen and oxygen atoms in total. The number of ether oxygens (including phenoxy) is 1. The standard InChI is InChI=1S/C18H32N2O/c1-7-18(8-2,13-19-15(3)4)14-20(5)16-9-11-17(21-6)12-10-16/h9-12,15,19H,7-8,13-14H2,1-6H3. The van der Waals surface area contributed by atoms with Crippen LogP contribution in [-0.2, 0) is 0 Å². The molecular formula is C18H32N2O. The van der Waals surface area contributed by atoms with E-state index in [1.54, 1.807) is 7.11 Å². The van der Waals surface area contributed by atoms with Crippen molar-refractivity contribution in [1.82, 2.24) is 5.32 Å². The van der Waals surface area contributed by atoms with Gasteiger partial charge in [-0.15, -0.1) is 0 Å². The first-order chi connectivity index (χ1) is 9.96. The van der Waals surface area contributed by atoms with Crippen molar-refractivity contribution >= 4 is 5.69 Å². The number of nitrogens with one attached hydrogen (secondary N) is 1. The molecule has 0 aliphatic carbocycles. The molecule has 21 heavy (non-hydrogen) atoms. The van der Waals surface area contributed by atoms with Gasteiger partial charge in [-0.3, -0.25) is 0 Å². The summed E-state index contributed by atoms with van der Waals surface area (Å²) >= 11 is 0. The largest absolute Gasteiger partial charge is 0.497 e. The van der Waals surface area contributed by atoms with Crippen molar-refractivity contribution in [3.63, 3.8) is 0 Å². The molecule has 3 heteroatoms. The predicted octanol–water partition coefficient (Wildman–Crippen LogP) is 3.94. The van der Waals surface area contributed by atoms with Gasteiger partial charge >= 0.3 is 0 Å². The molecule has 0 atom stereocenters. The fourth-order valence-electron chi connectivity index (χ4n) is 2.63. The van der Waals surface area contributed by atoms with Gasteiger partial charge in [-0.1, -0.05) is 27.7 Å². The van der Waals surface area contributed by atoms with Gasteiger partial charge in [-0.05, 0) is 42.5 Å². The average molecular weight is 292 g/mol. The second kappa shape index (κ2) is 8.28. The maximum atomic E-state index is 5.23. The van der Waals surface area contributed by atoms with E-state index >= 15 is 0 Å². The number of anilines is 1. The van der Waals surface area contributed by atoms with E-state index in [1.165, 1.54) is 18.5 Å². The average Bonchev–Trinajstić information content (AvgIpc) is 2.51. The van der Waals surface area contributed by atoms with Gasteiger partial charge in [0.25, 0.3) is 0 Å². The number of rotatable bonds is 9. The molecule has 0 heterocycles. The first-order valence-electron chi connectivity index (χ1n) is 8.05. The Morgan fingerprint density at radius 1 is 1.14 bits per heavy atom. The summed E-state index contributed by atoms with van der Waals surface area (Å²) in [7, 11) is 3.88. The van der Waals surface area contributed by atoms with Crippen molar-refractivity contribution in [2.45, 2.75) is 46.6 Å². The molecule has 0 unspecified atom stereocenters. The van der Waals surface area contributed by atoms with Crippen LogP contribution in [0.25, 0.3) is 0 Å². The SMILES string of the molecule is CCC(CC)(CNC(C)C)CN(C)c1ccc(OC)cc1. The highest BCUT2D eigenvalue weighted by atomic mass is 16.5. The molecule has 0 aromatic heterocycles. The Labute approximate surface area is 130 Å². The number of benzene rings is 1. The highest BCUT2D eigenvalue weighted by molar-refractivity contribution is 5.48. The van der Waals surface area contributed by atoms with Crippen LogP contribution in [0.2, 0.25) is 0 Å². The Balaban J connectivity index is 2.76. The minimum atomic E-state index is 0.318. The molecule has 1 aromatic carbocycles. The summed E-state index contributed by atoms with van der Waals surface area (Å²) < 4.78 is 5.23. The van der Waals surface area contributed by atoms with E-state index in [-0.39, 0.29) is 0 Å². The van der Waals surface area contributed by atoms with Gasteiger partial charge in [0.15, 0.2) is 0 Å². The summed E-state index contributed by atoms with van der Waals surface area (Å²) in [6.07, 6.45) is 2.37. The Bertz CT molecular complexity index is 396. The normalized spacial score (nSPS) is 11.8. The zero-order chi connectivity index (χ0) is 15.9. The van der Waals surface area contributed by atoms with Crippen LogP contribution in [0, 0.1) is 5.41 Å². The van der Waals surface area contributed by atoms with Crippen LogP contribution in [0.3, 0.4) is 0 Å². The predicted molar refractivity (Wildman–Crippen MR) is 92.4 cm³/mol. The van der Waals surface area contributed by atoms with Gasteiger partial charge in [0.05, 0.1) is 7.11 Å². The van der Waals surface area contributed by atoms with E-state index in [2.05, 4.69) is 57.1 Å². The monoisotopic (exact) mass is 292 g/mol. The number of hydrogen-bond donors (Lipinski definition) is 1. The summed E-state index contributed by atoms with van der Waals surface area (Å²) in [6.45, 7) is 11.2. The highest BCUT2D eigenvalue weighted by Gasteiger charge is 2.28. The zero-order valence-corrected chi connectivity index (χ0v) is 14.6. The van der Waals surface area contributed by atoms with Crippen molar-refractivity contribution in [3.8, 4) is 5.75 Å². The van der Waals surface area contributed by atoms with E-state index < -0.39 is 0 Å². The van der Waals surface area contributed by atoms with Crippen LogP contribution in [0.1, 0.15) is 40.5 Å². The summed E-state index contributed by atoms with van der Waals surface area (Å²) in [5.74, 6) is 0.908. The quantitative estimate of drug-likeness (QED) is 0.746. The van der Waals surface area contributed by atoms with Gasteiger partial charge < -0.3 is 15.0 Å². The lowest BCUT2D eigenvalue weighted by molar-refractivity contribution is 0.248. The molecule has 0 spiro atoms. The Morgan fingerprint density at radius 3 is 2.14 bits per heavy atom. The summed E-state index contributed by atoms with van der Waals surface area (Å²) in [5, 5.41) is 3.62. The lowest BCUT2D eigenvalue weighted by atomic mass is 9.81. The fourth-order valence-corrected chi connectivity index (χ4v) is 2.63. The molecule has 0 saturated carbocycles. The lowest BCUT2D eigenvalue weighted by Gasteiger charge is -2.37. The molecule has 0 aliphatic heterocycles. The van der Waals surface area contributed by atoms with Crippen LogP contribution >= 0.6 is 0 Å². The Morgan fingerprint density at radius 2 is 1.71 bits per heavy atom. The van der Waals surface area contributed by atoms with Crippen LogP contribution in [0.15, 0.2) is 24.3 Å². The van der Waals surface area contributed by atoms with Gasteiger partial charge in [0.1, 0.15) is 5.75 Å². The maximum absolute atomic E-state index is 5.23. The lowest BCUT2D eigenvalue weighted by Crippen LogP contribution is -2.44. The third-order valence-electron chi connectivity index (χ3n) is 4.47. The van der Waals surface area contributed by atoms with Crippen molar-refractivity contribution in [2.75, 3.05) is 32.1 Å². The first-order valence-corrected chi connectivity index (χ1v) is 8.05. The topological polar surface area (TPSA) is 24.5 Å². The van der Waals surface area contributed by atoms with Crippen molar-refractivity contribution in [1.29, 1.82) is 0 Å². The van der Waals surface area contributed by atoms with Crippen LogP contribution in [-0.4, -0.2) is 33.3 Å². The smallest absolute Gasteiger partial charge is 0.119 e. The van der Waals surface area contributed by atoms with E-state index in [1.807, 2.05) is 12.1 Å². The molecule has 0 fully saturated rings. The molecule has 120 valence electrons. The van der Waals surface area contributed by atoms with Gasteiger partial charge in [-0.2, -0.15) is 0 Å². The van der Waals surface area contributed by atoms with Crippen LogP contribution in [0.5, 0.6) is 5.75 Å². The van der Waals surface area contributed by atoms with E-state index in [0.717, 1.165) is 18.8 Å². The molecular weight excluding hydrogens is 260 g/mol. The second-order valence-corrected chi connectivity index (χ2v) is 6.30. The third kappa shape index (κ3) is 5.24. The summed E-state index contributed by atoms with van der Waals surface area (Å²) in [4.78, 5) is 2.36. The molecule has 1 rings (SSSR count). The maximum Gasteiger partial charge on any atom is 0.119 e. The van der Waals surface area contributed by atoms with Crippen LogP contribution in [0.4, 0.5) is 5.69 Å². The first kappa shape index (κ1) is 17.8. The number of nitrogens with zero attached hydrogens (tertiary/aromatic N) is 1. The van der Waals surface area contributed by atoms with Gasteiger partial charge in [-0.25, -0.2) is 0 Å². The molecule has 0 amide bonds.